The summed E-state index contributed by atoms with van der Waals surface area (Å²) in [6.45, 7) is 4.68. The molecule has 0 aliphatic heterocycles. The molecule has 0 bridgehead atoms. The van der Waals surface area contributed by atoms with Crippen LogP contribution in [0.1, 0.15) is 61.7 Å². The van der Waals surface area contributed by atoms with Gasteiger partial charge in [0.15, 0.2) is 0 Å². The van der Waals surface area contributed by atoms with Crippen molar-refractivity contribution in [1.82, 2.24) is 0 Å². The molecule has 0 atom stereocenters. The molecule has 0 fully saturated rings. The number of unbranched alkanes of at least 4 members (excludes halogenated alkanes) is 7. The highest BCUT2D eigenvalue weighted by Crippen LogP contribution is 2.11. The molecule has 0 saturated heterocycles. The lowest BCUT2D eigenvalue weighted by atomic mass is 10.1. The Morgan fingerprint density at radius 1 is 1.00 bits per heavy atom. The second-order valence-electron chi connectivity index (χ2n) is 5.36. The van der Waals surface area contributed by atoms with Crippen molar-refractivity contribution in [3.63, 3.8) is 0 Å². The normalized spacial score (nSPS) is 10.3. The molecule has 1 aromatic carbocycles. The highest BCUT2D eigenvalue weighted by Gasteiger charge is 2.00. The van der Waals surface area contributed by atoms with Crippen molar-refractivity contribution in [2.45, 2.75) is 51.4 Å². The molecular formula is C18H27NO2. The molecule has 3 nitrogen and oxygen atoms in total. The molecule has 2 N–H and O–H groups in total. The maximum atomic E-state index is 10.7. The summed E-state index contributed by atoms with van der Waals surface area (Å²) in [5.74, 6) is -0.880. The number of benzene rings is 1. The van der Waals surface area contributed by atoms with Crippen molar-refractivity contribution < 1.29 is 9.90 Å². The first kappa shape index (κ1) is 17.3. The van der Waals surface area contributed by atoms with Gasteiger partial charge in [0.25, 0.3) is 0 Å². The molecule has 0 amide bonds. The smallest absolute Gasteiger partial charge is 0.335 e. The van der Waals surface area contributed by atoms with Crippen LogP contribution in [0.25, 0.3) is 0 Å². The van der Waals surface area contributed by atoms with Gasteiger partial charge in [-0.3, -0.25) is 0 Å². The predicted octanol–water partition coefficient (Wildman–Crippen LogP) is 5.10. The molecule has 1 aromatic rings. The molecule has 0 heterocycles. The lowest BCUT2D eigenvalue weighted by molar-refractivity contribution is 0.0697. The number of nitrogens with one attached hydrogen (secondary N) is 1. The first-order valence-electron chi connectivity index (χ1n) is 7.92. The molecular weight excluding hydrogens is 262 g/mol. The number of aromatic carboxylic acids is 1. The van der Waals surface area contributed by atoms with Crippen LogP contribution in [0.2, 0.25) is 0 Å². The zero-order valence-corrected chi connectivity index (χ0v) is 12.8. The second kappa shape index (κ2) is 11.0. The average Bonchev–Trinajstić information content (AvgIpc) is 2.49. The van der Waals surface area contributed by atoms with E-state index < -0.39 is 5.97 Å². The third-order valence-corrected chi connectivity index (χ3v) is 3.55. The second-order valence-corrected chi connectivity index (χ2v) is 5.36. The fourth-order valence-electron chi connectivity index (χ4n) is 2.26. The van der Waals surface area contributed by atoms with Crippen LogP contribution in [0.4, 0.5) is 5.69 Å². The quantitative estimate of drug-likeness (QED) is 0.415. The Bertz CT molecular complexity index is 412. The van der Waals surface area contributed by atoms with Crippen molar-refractivity contribution >= 4 is 11.7 Å². The van der Waals surface area contributed by atoms with Gasteiger partial charge in [0.1, 0.15) is 0 Å². The number of carbonyl (C=O) groups is 1. The first-order valence-corrected chi connectivity index (χ1v) is 7.92. The van der Waals surface area contributed by atoms with Gasteiger partial charge in [-0.25, -0.2) is 4.79 Å². The van der Waals surface area contributed by atoms with Crippen molar-refractivity contribution in [2.75, 3.05) is 11.9 Å². The summed E-state index contributed by atoms with van der Waals surface area (Å²) in [6.07, 6.45) is 12.1. The molecule has 1 rings (SSSR count). The van der Waals surface area contributed by atoms with Crippen LogP contribution in [0, 0.1) is 0 Å². The number of allylic oxidation sites excluding steroid dienone is 1. The third kappa shape index (κ3) is 8.18. The predicted molar refractivity (Wildman–Crippen MR) is 89.0 cm³/mol. The Morgan fingerprint density at radius 2 is 1.57 bits per heavy atom. The van der Waals surface area contributed by atoms with E-state index in [0.717, 1.165) is 25.1 Å². The SMILES string of the molecule is C=CCCCCCCCCCNc1ccc(C(=O)O)cc1. The maximum Gasteiger partial charge on any atom is 0.335 e. The maximum absolute atomic E-state index is 10.7. The van der Waals surface area contributed by atoms with Crippen LogP contribution in [0.15, 0.2) is 36.9 Å². The van der Waals surface area contributed by atoms with Gasteiger partial charge in [0.05, 0.1) is 5.56 Å². The molecule has 3 heteroatoms. The molecule has 116 valence electrons. The average molecular weight is 289 g/mol. The monoisotopic (exact) mass is 289 g/mol. The Balaban J connectivity index is 1.99. The van der Waals surface area contributed by atoms with Crippen LogP contribution < -0.4 is 5.32 Å². The van der Waals surface area contributed by atoms with E-state index in [9.17, 15) is 4.79 Å². The van der Waals surface area contributed by atoms with E-state index >= 15 is 0 Å². The van der Waals surface area contributed by atoms with Crippen molar-refractivity contribution in [1.29, 1.82) is 0 Å². The van der Waals surface area contributed by atoms with Crippen molar-refractivity contribution in [3.8, 4) is 0 Å². The topological polar surface area (TPSA) is 49.3 Å². The van der Waals surface area contributed by atoms with Gasteiger partial charge in [-0.1, -0.05) is 38.2 Å². The van der Waals surface area contributed by atoms with E-state index in [1.54, 1.807) is 12.1 Å². The van der Waals surface area contributed by atoms with Gasteiger partial charge in [-0.2, -0.15) is 0 Å². The summed E-state index contributed by atoms with van der Waals surface area (Å²) >= 11 is 0. The molecule has 0 spiro atoms. The van der Waals surface area contributed by atoms with E-state index in [-0.39, 0.29) is 0 Å². The lowest BCUT2D eigenvalue weighted by Gasteiger charge is -2.06. The van der Waals surface area contributed by atoms with E-state index in [1.165, 1.54) is 38.5 Å². The molecule has 0 unspecified atom stereocenters. The summed E-state index contributed by atoms with van der Waals surface area (Å²) in [7, 11) is 0. The van der Waals surface area contributed by atoms with E-state index in [2.05, 4.69) is 11.9 Å². The Morgan fingerprint density at radius 3 is 2.14 bits per heavy atom. The van der Waals surface area contributed by atoms with Crippen LogP contribution in [0.3, 0.4) is 0 Å². The highest BCUT2D eigenvalue weighted by molar-refractivity contribution is 5.87. The van der Waals surface area contributed by atoms with Crippen LogP contribution in [0.5, 0.6) is 0 Å². The van der Waals surface area contributed by atoms with Gasteiger partial charge in [0.2, 0.25) is 0 Å². The largest absolute Gasteiger partial charge is 0.478 e. The molecule has 0 radical (unpaired) electrons. The van der Waals surface area contributed by atoms with E-state index in [4.69, 9.17) is 5.11 Å². The summed E-state index contributed by atoms with van der Waals surface area (Å²) < 4.78 is 0. The standard InChI is InChI=1S/C18H27NO2/c1-2-3-4-5-6-7-8-9-10-15-19-17-13-11-16(12-14-17)18(20)21/h2,11-14,19H,1,3-10,15H2,(H,20,21). The summed E-state index contributed by atoms with van der Waals surface area (Å²) in [5.41, 5.74) is 1.32. The number of carboxylic acid groups (broad SMARTS) is 1. The Kier molecular flexibility index (Phi) is 9.01. The summed E-state index contributed by atoms with van der Waals surface area (Å²) in [5, 5.41) is 12.1. The zero-order valence-electron chi connectivity index (χ0n) is 12.8. The number of rotatable bonds is 12. The first-order chi connectivity index (χ1) is 10.2. The van der Waals surface area contributed by atoms with Crippen LogP contribution >= 0.6 is 0 Å². The minimum absolute atomic E-state index is 0.331. The van der Waals surface area contributed by atoms with Crippen molar-refractivity contribution in [3.05, 3.63) is 42.5 Å². The molecule has 0 saturated carbocycles. The van der Waals surface area contributed by atoms with E-state index in [1.807, 2.05) is 18.2 Å². The summed E-state index contributed by atoms with van der Waals surface area (Å²) in [6, 6.07) is 6.91. The van der Waals surface area contributed by atoms with Crippen LogP contribution in [-0.4, -0.2) is 17.6 Å². The highest BCUT2D eigenvalue weighted by atomic mass is 16.4. The summed E-state index contributed by atoms with van der Waals surface area (Å²) in [4.78, 5) is 10.7. The van der Waals surface area contributed by atoms with Crippen LogP contribution in [-0.2, 0) is 0 Å². The molecule has 21 heavy (non-hydrogen) atoms. The number of anilines is 1. The van der Waals surface area contributed by atoms with E-state index in [0.29, 0.717) is 5.56 Å². The van der Waals surface area contributed by atoms with Gasteiger partial charge in [-0.15, -0.1) is 6.58 Å². The minimum atomic E-state index is -0.880. The molecule has 0 aromatic heterocycles. The number of hydrogen-bond donors (Lipinski definition) is 2. The zero-order chi connectivity index (χ0) is 15.3. The Labute approximate surface area is 128 Å². The van der Waals surface area contributed by atoms with Gasteiger partial charge in [-0.05, 0) is 43.5 Å². The fraction of sp³-hybridized carbons (Fsp3) is 0.500. The third-order valence-electron chi connectivity index (χ3n) is 3.55. The van der Waals surface area contributed by atoms with Gasteiger partial charge in [0, 0.05) is 12.2 Å². The lowest BCUT2D eigenvalue weighted by Crippen LogP contribution is -2.02. The van der Waals surface area contributed by atoms with Gasteiger partial charge >= 0.3 is 5.97 Å². The van der Waals surface area contributed by atoms with Crippen molar-refractivity contribution in [2.24, 2.45) is 0 Å². The van der Waals surface area contributed by atoms with Gasteiger partial charge < -0.3 is 10.4 Å². The molecule has 0 aliphatic carbocycles. The molecule has 0 aliphatic rings. The number of carboxylic acids is 1. The fourth-order valence-corrected chi connectivity index (χ4v) is 2.26. The minimum Gasteiger partial charge on any atom is -0.478 e. The number of hydrogen-bond acceptors (Lipinski definition) is 2. The Hall–Kier alpha value is -1.77.